The lowest BCUT2D eigenvalue weighted by Crippen LogP contribution is -2.23. The molecule has 31 heavy (non-hydrogen) atoms. The van der Waals surface area contributed by atoms with E-state index < -0.39 is 0 Å². The van der Waals surface area contributed by atoms with E-state index in [0.29, 0.717) is 36.8 Å². The molecule has 2 heterocycles. The first kappa shape index (κ1) is 20.3. The van der Waals surface area contributed by atoms with Gasteiger partial charge in [-0.15, -0.1) is 0 Å². The molecule has 4 aromatic rings. The maximum atomic E-state index is 13.1. The van der Waals surface area contributed by atoms with Crippen molar-refractivity contribution in [1.82, 2.24) is 20.1 Å². The third-order valence-electron chi connectivity index (χ3n) is 4.81. The molecule has 0 saturated heterocycles. The third kappa shape index (κ3) is 4.98. The highest BCUT2D eigenvalue weighted by atomic mass is 16.5. The summed E-state index contributed by atoms with van der Waals surface area (Å²) in [6, 6.07) is 23.5. The van der Waals surface area contributed by atoms with Gasteiger partial charge in [0, 0.05) is 30.1 Å². The SMILES string of the molecule is CCOc1ncccc1CNC(=O)c1cn(Cc2ccccc2)nc1-c1ccccc1. The Labute approximate surface area is 181 Å². The van der Waals surface area contributed by atoms with E-state index in [2.05, 4.69) is 10.3 Å². The predicted molar refractivity (Wildman–Crippen MR) is 120 cm³/mol. The standard InChI is InChI=1S/C25H24N4O2/c1-2-31-25-21(14-9-15-26-25)16-27-24(30)22-18-29(17-19-10-5-3-6-11-19)28-23(22)20-12-7-4-8-13-20/h3-15,18H,2,16-17H2,1H3,(H,27,30). The number of carbonyl (C=O) groups excluding carboxylic acids is 1. The summed E-state index contributed by atoms with van der Waals surface area (Å²) in [5, 5.41) is 7.71. The summed E-state index contributed by atoms with van der Waals surface area (Å²) in [6.07, 6.45) is 3.48. The smallest absolute Gasteiger partial charge is 0.255 e. The number of carbonyl (C=O) groups is 1. The Hall–Kier alpha value is -3.93. The molecule has 0 saturated carbocycles. The minimum atomic E-state index is -0.190. The highest BCUT2D eigenvalue weighted by Crippen LogP contribution is 2.23. The second-order valence-electron chi connectivity index (χ2n) is 7.02. The quantitative estimate of drug-likeness (QED) is 0.468. The van der Waals surface area contributed by atoms with Gasteiger partial charge in [0.25, 0.3) is 5.91 Å². The van der Waals surface area contributed by atoms with Crippen LogP contribution in [0.2, 0.25) is 0 Å². The Balaban J connectivity index is 1.59. The molecule has 0 spiro atoms. The first-order valence-electron chi connectivity index (χ1n) is 10.3. The van der Waals surface area contributed by atoms with E-state index in [1.54, 1.807) is 12.4 Å². The van der Waals surface area contributed by atoms with Crippen LogP contribution in [0.4, 0.5) is 0 Å². The third-order valence-corrected chi connectivity index (χ3v) is 4.81. The Morgan fingerprint density at radius 2 is 1.74 bits per heavy atom. The van der Waals surface area contributed by atoms with Gasteiger partial charge in [0.05, 0.1) is 18.7 Å². The van der Waals surface area contributed by atoms with Crippen LogP contribution < -0.4 is 10.1 Å². The van der Waals surface area contributed by atoms with Crippen molar-refractivity contribution >= 4 is 5.91 Å². The summed E-state index contributed by atoms with van der Waals surface area (Å²) in [4.78, 5) is 17.4. The maximum Gasteiger partial charge on any atom is 0.255 e. The largest absolute Gasteiger partial charge is 0.478 e. The summed E-state index contributed by atoms with van der Waals surface area (Å²) < 4.78 is 7.37. The number of nitrogens with zero attached hydrogens (tertiary/aromatic N) is 3. The summed E-state index contributed by atoms with van der Waals surface area (Å²) in [6.45, 7) is 3.33. The van der Waals surface area contributed by atoms with E-state index in [4.69, 9.17) is 9.84 Å². The number of ether oxygens (including phenoxy) is 1. The van der Waals surface area contributed by atoms with E-state index in [1.165, 1.54) is 0 Å². The molecule has 0 unspecified atom stereocenters. The molecular formula is C25H24N4O2. The van der Waals surface area contributed by atoms with Crippen molar-refractivity contribution in [2.45, 2.75) is 20.0 Å². The minimum Gasteiger partial charge on any atom is -0.478 e. The number of rotatable bonds is 8. The molecule has 2 aromatic carbocycles. The first-order chi connectivity index (χ1) is 15.2. The van der Waals surface area contributed by atoms with Gasteiger partial charge in [0.15, 0.2) is 0 Å². The fraction of sp³-hybridized carbons (Fsp3) is 0.160. The molecule has 156 valence electrons. The van der Waals surface area contributed by atoms with Crippen molar-refractivity contribution in [3.8, 4) is 17.1 Å². The van der Waals surface area contributed by atoms with Gasteiger partial charge in [-0.25, -0.2) is 4.98 Å². The second-order valence-corrected chi connectivity index (χ2v) is 7.02. The maximum absolute atomic E-state index is 13.1. The molecule has 6 nitrogen and oxygen atoms in total. The normalized spacial score (nSPS) is 10.6. The molecule has 1 N–H and O–H groups in total. The summed E-state index contributed by atoms with van der Waals surface area (Å²) >= 11 is 0. The Morgan fingerprint density at radius 1 is 1.00 bits per heavy atom. The Kier molecular flexibility index (Phi) is 6.38. The number of pyridine rings is 1. The van der Waals surface area contributed by atoms with Crippen molar-refractivity contribution in [3.05, 3.63) is 102 Å². The monoisotopic (exact) mass is 412 g/mol. The zero-order valence-electron chi connectivity index (χ0n) is 17.4. The van der Waals surface area contributed by atoms with Crippen molar-refractivity contribution in [1.29, 1.82) is 0 Å². The van der Waals surface area contributed by atoms with E-state index in [0.717, 1.165) is 16.7 Å². The van der Waals surface area contributed by atoms with Gasteiger partial charge < -0.3 is 10.1 Å². The Morgan fingerprint density at radius 3 is 2.48 bits per heavy atom. The average Bonchev–Trinajstić information content (AvgIpc) is 3.23. The van der Waals surface area contributed by atoms with Crippen molar-refractivity contribution < 1.29 is 9.53 Å². The molecular weight excluding hydrogens is 388 g/mol. The lowest BCUT2D eigenvalue weighted by atomic mass is 10.1. The molecule has 0 aliphatic rings. The number of benzene rings is 2. The van der Waals surface area contributed by atoms with Gasteiger partial charge in [-0.3, -0.25) is 9.48 Å². The number of hydrogen-bond acceptors (Lipinski definition) is 4. The van der Waals surface area contributed by atoms with Crippen molar-refractivity contribution in [2.75, 3.05) is 6.61 Å². The molecule has 0 aliphatic heterocycles. The van der Waals surface area contributed by atoms with Crippen molar-refractivity contribution in [3.63, 3.8) is 0 Å². The van der Waals surface area contributed by atoms with Crippen LogP contribution in [0.5, 0.6) is 5.88 Å². The van der Waals surface area contributed by atoms with Gasteiger partial charge in [0.2, 0.25) is 5.88 Å². The van der Waals surface area contributed by atoms with Crippen LogP contribution in [0.25, 0.3) is 11.3 Å². The van der Waals surface area contributed by atoms with Crippen molar-refractivity contribution in [2.24, 2.45) is 0 Å². The molecule has 0 fully saturated rings. The zero-order chi connectivity index (χ0) is 21.5. The van der Waals surface area contributed by atoms with Gasteiger partial charge >= 0.3 is 0 Å². The molecule has 6 heteroatoms. The van der Waals surface area contributed by atoms with Crippen LogP contribution in [0.15, 0.2) is 85.2 Å². The van der Waals surface area contributed by atoms with E-state index >= 15 is 0 Å². The molecule has 0 aliphatic carbocycles. The van der Waals surface area contributed by atoms with Crippen LogP contribution >= 0.6 is 0 Å². The van der Waals surface area contributed by atoms with Crippen LogP contribution in [-0.2, 0) is 13.1 Å². The fourth-order valence-electron chi connectivity index (χ4n) is 3.34. The minimum absolute atomic E-state index is 0.190. The average molecular weight is 412 g/mol. The predicted octanol–water partition coefficient (Wildman–Crippen LogP) is 4.32. The second kappa shape index (κ2) is 9.71. The van der Waals surface area contributed by atoms with Gasteiger partial charge in [-0.2, -0.15) is 5.10 Å². The number of aromatic nitrogens is 3. The summed E-state index contributed by atoms with van der Waals surface area (Å²) in [5.74, 6) is 0.345. The fourth-order valence-corrected chi connectivity index (χ4v) is 3.34. The topological polar surface area (TPSA) is 69.0 Å². The molecule has 0 radical (unpaired) electrons. The Bertz CT molecular complexity index is 1140. The summed E-state index contributed by atoms with van der Waals surface area (Å²) in [7, 11) is 0. The van der Waals surface area contributed by atoms with Crippen LogP contribution in [-0.4, -0.2) is 27.3 Å². The highest BCUT2D eigenvalue weighted by molar-refractivity contribution is 5.99. The van der Waals surface area contributed by atoms with Crippen LogP contribution in [0.3, 0.4) is 0 Å². The van der Waals surface area contributed by atoms with Crippen LogP contribution in [0.1, 0.15) is 28.4 Å². The van der Waals surface area contributed by atoms with Gasteiger partial charge in [-0.05, 0) is 18.6 Å². The lowest BCUT2D eigenvalue weighted by Gasteiger charge is -2.10. The first-order valence-corrected chi connectivity index (χ1v) is 10.3. The molecule has 0 atom stereocenters. The molecule has 0 bridgehead atoms. The lowest BCUT2D eigenvalue weighted by molar-refractivity contribution is 0.0951. The molecule has 2 aromatic heterocycles. The van der Waals surface area contributed by atoms with Gasteiger partial charge in [0.1, 0.15) is 5.69 Å². The number of amides is 1. The summed E-state index contributed by atoms with van der Waals surface area (Å²) in [5.41, 5.74) is 4.04. The molecule has 4 rings (SSSR count). The van der Waals surface area contributed by atoms with Crippen LogP contribution in [0, 0.1) is 0 Å². The zero-order valence-corrected chi connectivity index (χ0v) is 17.4. The highest BCUT2D eigenvalue weighted by Gasteiger charge is 2.18. The van der Waals surface area contributed by atoms with Gasteiger partial charge in [-0.1, -0.05) is 66.7 Å². The van der Waals surface area contributed by atoms with E-state index in [-0.39, 0.29) is 5.91 Å². The van der Waals surface area contributed by atoms with E-state index in [1.807, 2.05) is 84.4 Å². The number of nitrogens with one attached hydrogen (secondary N) is 1. The number of hydrogen-bond donors (Lipinski definition) is 1. The molecule has 1 amide bonds. The van der Waals surface area contributed by atoms with E-state index in [9.17, 15) is 4.79 Å².